The largest absolute Gasteiger partial charge is 0.468 e. The zero-order valence-corrected chi connectivity index (χ0v) is 18.6. The van der Waals surface area contributed by atoms with Crippen LogP contribution in [0, 0.1) is 0 Å². The zero-order valence-electron chi connectivity index (χ0n) is 17.0. The minimum absolute atomic E-state index is 0.0732. The number of halogens is 1. The molecule has 3 aromatic rings. The average Bonchev–Trinajstić information content (AvgIpc) is 3.30. The number of hydrogen-bond donors (Lipinski definition) is 1. The first-order chi connectivity index (χ1) is 14.9. The standard InChI is InChI=1S/C23H23ClN2O4S/c1-2-26(17-19-6-3-4-8-22(19)24)23(27)14-11-18-9-12-21(13-10-18)31(28,29)25-16-20-7-5-15-30-20/h3-15,25H,2,16-17H2,1H3/b14-11+. The summed E-state index contributed by atoms with van der Waals surface area (Å²) in [7, 11) is -3.66. The number of nitrogens with one attached hydrogen (secondary N) is 1. The molecule has 0 fully saturated rings. The summed E-state index contributed by atoms with van der Waals surface area (Å²) in [6.07, 6.45) is 4.61. The van der Waals surface area contributed by atoms with Crippen molar-refractivity contribution >= 4 is 33.6 Å². The predicted octanol–water partition coefficient (Wildman–Crippen LogP) is 4.47. The Hall–Kier alpha value is -2.87. The highest BCUT2D eigenvalue weighted by Gasteiger charge is 2.14. The molecule has 0 spiro atoms. The Morgan fingerprint density at radius 1 is 1.10 bits per heavy atom. The number of sulfonamides is 1. The molecule has 0 radical (unpaired) electrons. The van der Waals surface area contributed by atoms with Crippen LogP contribution < -0.4 is 4.72 Å². The lowest BCUT2D eigenvalue weighted by molar-refractivity contribution is -0.126. The van der Waals surface area contributed by atoms with Crippen LogP contribution in [0.1, 0.15) is 23.8 Å². The van der Waals surface area contributed by atoms with Crippen LogP contribution in [0.4, 0.5) is 0 Å². The highest BCUT2D eigenvalue weighted by Crippen LogP contribution is 2.18. The van der Waals surface area contributed by atoms with E-state index in [2.05, 4.69) is 4.72 Å². The molecule has 0 saturated heterocycles. The van der Waals surface area contributed by atoms with Crippen molar-refractivity contribution in [2.45, 2.75) is 24.9 Å². The molecule has 162 valence electrons. The van der Waals surface area contributed by atoms with Crippen LogP contribution in [-0.4, -0.2) is 25.8 Å². The maximum atomic E-state index is 12.6. The van der Waals surface area contributed by atoms with Gasteiger partial charge in [-0.15, -0.1) is 0 Å². The minimum Gasteiger partial charge on any atom is -0.468 e. The van der Waals surface area contributed by atoms with Crippen molar-refractivity contribution < 1.29 is 17.6 Å². The number of benzene rings is 2. The van der Waals surface area contributed by atoms with Gasteiger partial charge in [0.25, 0.3) is 0 Å². The highest BCUT2D eigenvalue weighted by molar-refractivity contribution is 7.89. The molecular weight excluding hydrogens is 436 g/mol. The first-order valence-electron chi connectivity index (χ1n) is 9.71. The van der Waals surface area contributed by atoms with Crippen molar-refractivity contribution in [3.8, 4) is 0 Å². The van der Waals surface area contributed by atoms with E-state index in [4.69, 9.17) is 16.0 Å². The monoisotopic (exact) mass is 458 g/mol. The fraction of sp³-hybridized carbons (Fsp3) is 0.174. The quantitative estimate of drug-likeness (QED) is 0.479. The fourth-order valence-corrected chi connectivity index (χ4v) is 4.06. The van der Waals surface area contributed by atoms with Crippen molar-refractivity contribution in [1.82, 2.24) is 9.62 Å². The lowest BCUT2D eigenvalue weighted by atomic mass is 10.2. The number of furan rings is 1. The van der Waals surface area contributed by atoms with E-state index in [0.29, 0.717) is 29.4 Å². The van der Waals surface area contributed by atoms with E-state index in [0.717, 1.165) is 5.56 Å². The van der Waals surface area contributed by atoms with E-state index >= 15 is 0 Å². The van der Waals surface area contributed by atoms with Gasteiger partial charge in [0.15, 0.2) is 0 Å². The van der Waals surface area contributed by atoms with Gasteiger partial charge in [-0.2, -0.15) is 0 Å². The van der Waals surface area contributed by atoms with Gasteiger partial charge in [-0.3, -0.25) is 4.79 Å². The lowest BCUT2D eigenvalue weighted by Crippen LogP contribution is -2.28. The van der Waals surface area contributed by atoms with Gasteiger partial charge in [-0.25, -0.2) is 13.1 Å². The maximum Gasteiger partial charge on any atom is 0.246 e. The first-order valence-corrected chi connectivity index (χ1v) is 11.6. The Kier molecular flexibility index (Phi) is 7.68. The van der Waals surface area contributed by atoms with Crippen molar-refractivity contribution in [2.24, 2.45) is 0 Å². The highest BCUT2D eigenvalue weighted by atomic mass is 35.5. The minimum atomic E-state index is -3.66. The second-order valence-electron chi connectivity index (χ2n) is 6.75. The van der Waals surface area contributed by atoms with Crippen LogP contribution in [0.5, 0.6) is 0 Å². The summed E-state index contributed by atoms with van der Waals surface area (Å²) >= 11 is 6.19. The zero-order chi connectivity index (χ0) is 22.3. The molecule has 0 aliphatic carbocycles. The molecule has 31 heavy (non-hydrogen) atoms. The third-order valence-corrected chi connectivity index (χ3v) is 6.42. The molecule has 8 heteroatoms. The molecule has 0 bridgehead atoms. The summed E-state index contributed by atoms with van der Waals surface area (Å²) in [6.45, 7) is 2.92. The van der Waals surface area contributed by atoms with E-state index in [1.54, 1.807) is 41.3 Å². The molecule has 0 aliphatic rings. The second kappa shape index (κ2) is 10.4. The number of carbonyl (C=O) groups excluding carboxylic acids is 1. The van der Waals surface area contributed by atoms with Crippen molar-refractivity contribution in [3.63, 3.8) is 0 Å². The van der Waals surface area contributed by atoms with E-state index in [1.165, 1.54) is 24.5 Å². The van der Waals surface area contributed by atoms with Crippen LogP contribution in [0.3, 0.4) is 0 Å². The molecular formula is C23H23ClN2O4S. The molecule has 0 aliphatic heterocycles. The van der Waals surface area contributed by atoms with Crippen molar-refractivity contribution in [3.05, 3.63) is 94.9 Å². The molecule has 2 aromatic carbocycles. The Morgan fingerprint density at radius 3 is 2.48 bits per heavy atom. The normalized spacial score (nSPS) is 11.7. The number of rotatable bonds is 9. The number of carbonyl (C=O) groups is 1. The Bertz CT molecular complexity index is 1140. The first kappa shape index (κ1) is 22.8. The summed E-state index contributed by atoms with van der Waals surface area (Å²) < 4.78 is 32.4. The molecule has 1 heterocycles. The van der Waals surface area contributed by atoms with Crippen LogP contribution in [0.25, 0.3) is 6.08 Å². The third kappa shape index (κ3) is 6.30. The molecule has 0 saturated carbocycles. The number of amides is 1. The number of likely N-dealkylation sites (N-methyl/N-ethyl adjacent to an activating group) is 1. The van der Waals surface area contributed by atoms with Gasteiger partial charge in [0.1, 0.15) is 5.76 Å². The molecule has 1 aromatic heterocycles. The van der Waals surface area contributed by atoms with Gasteiger partial charge in [-0.1, -0.05) is 41.9 Å². The summed E-state index contributed by atoms with van der Waals surface area (Å²) in [6, 6.07) is 17.1. The van der Waals surface area contributed by atoms with Gasteiger partial charge < -0.3 is 9.32 Å². The molecule has 0 unspecified atom stereocenters. The topological polar surface area (TPSA) is 79.6 Å². The van der Waals surface area contributed by atoms with Crippen LogP contribution >= 0.6 is 11.6 Å². The Balaban J connectivity index is 1.62. The molecule has 1 N–H and O–H groups in total. The molecule has 3 rings (SSSR count). The van der Waals surface area contributed by atoms with Crippen molar-refractivity contribution in [1.29, 1.82) is 0 Å². The Morgan fingerprint density at radius 2 is 1.84 bits per heavy atom. The molecule has 0 atom stereocenters. The predicted molar refractivity (Wildman–Crippen MR) is 121 cm³/mol. The number of nitrogens with zero attached hydrogens (tertiary/aromatic N) is 1. The van der Waals surface area contributed by atoms with Gasteiger partial charge in [0, 0.05) is 24.2 Å². The molecule has 6 nitrogen and oxygen atoms in total. The van der Waals surface area contributed by atoms with Crippen LogP contribution in [0.15, 0.2) is 82.3 Å². The lowest BCUT2D eigenvalue weighted by Gasteiger charge is -2.19. The number of hydrogen-bond acceptors (Lipinski definition) is 4. The fourth-order valence-electron chi connectivity index (χ4n) is 2.87. The summed E-state index contributed by atoms with van der Waals surface area (Å²) in [4.78, 5) is 14.4. The van der Waals surface area contributed by atoms with Crippen LogP contribution in [0.2, 0.25) is 5.02 Å². The van der Waals surface area contributed by atoms with E-state index in [9.17, 15) is 13.2 Å². The second-order valence-corrected chi connectivity index (χ2v) is 8.92. The van der Waals surface area contributed by atoms with E-state index < -0.39 is 10.0 Å². The van der Waals surface area contributed by atoms with E-state index in [-0.39, 0.29) is 17.3 Å². The van der Waals surface area contributed by atoms with Crippen LogP contribution in [-0.2, 0) is 27.9 Å². The van der Waals surface area contributed by atoms with Gasteiger partial charge in [-0.05, 0) is 54.5 Å². The van der Waals surface area contributed by atoms with Gasteiger partial charge in [0.2, 0.25) is 15.9 Å². The maximum absolute atomic E-state index is 12.6. The smallest absolute Gasteiger partial charge is 0.246 e. The SMILES string of the molecule is CCN(Cc1ccccc1Cl)C(=O)/C=C/c1ccc(S(=O)(=O)NCc2ccco2)cc1. The van der Waals surface area contributed by atoms with Gasteiger partial charge >= 0.3 is 0 Å². The average molecular weight is 459 g/mol. The van der Waals surface area contributed by atoms with E-state index in [1.807, 2.05) is 25.1 Å². The van der Waals surface area contributed by atoms with Crippen molar-refractivity contribution in [2.75, 3.05) is 6.54 Å². The third-order valence-electron chi connectivity index (χ3n) is 4.64. The summed E-state index contributed by atoms with van der Waals surface area (Å²) in [5.41, 5.74) is 1.59. The Labute approximate surface area is 187 Å². The summed E-state index contributed by atoms with van der Waals surface area (Å²) in [5.74, 6) is 0.373. The van der Waals surface area contributed by atoms with Gasteiger partial charge in [0.05, 0.1) is 17.7 Å². The summed E-state index contributed by atoms with van der Waals surface area (Å²) in [5, 5.41) is 0.621. The molecule has 1 amide bonds.